The highest BCUT2D eigenvalue weighted by Crippen LogP contribution is 2.24. The van der Waals surface area contributed by atoms with Crippen LogP contribution in [0.5, 0.6) is 0 Å². The second-order valence-corrected chi connectivity index (χ2v) is 12.0. The molecule has 230 valence electrons. The number of nitrogens with one attached hydrogen (secondary N) is 3. The van der Waals surface area contributed by atoms with Gasteiger partial charge >= 0.3 is 0 Å². The van der Waals surface area contributed by atoms with E-state index in [4.69, 9.17) is 4.74 Å². The van der Waals surface area contributed by atoms with Crippen molar-refractivity contribution in [1.29, 1.82) is 0 Å². The van der Waals surface area contributed by atoms with E-state index in [0.29, 0.717) is 66.5 Å². The number of hydrogen-bond donors (Lipinski definition) is 3. The van der Waals surface area contributed by atoms with Gasteiger partial charge in [-0.1, -0.05) is 56.8 Å². The summed E-state index contributed by atoms with van der Waals surface area (Å²) in [6.45, 7) is 11.8. The molecule has 1 saturated heterocycles. The van der Waals surface area contributed by atoms with Gasteiger partial charge in [0.1, 0.15) is 11.9 Å². The minimum absolute atomic E-state index is 0.170. The van der Waals surface area contributed by atoms with Crippen LogP contribution in [-0.4, -0.2) is 64.5 Å². The van der Waals surface area contributed by atoms with Crippen molar-refractivity contribution in [2.75, 3.05) is 38.1 Å². The molecular weight excluding hydrogens is 559 g/mol. The lowest BCUT2D eigenvalue weighted by Gasteiger charge is -2.30. The third kappa shape index (κ3) is 8.44. The molecule has 1 atom stereocenters. The topological polar surface area (TPSA) is 104 Å². The fraction of sp³-hybridized carbons (Fsp3) is 0.324. The molecule has 0 bridgehead atoms. The number of aromatic amines is 1. The van der Waals surface area contributed by atoms with Gasteiger partial charge in [0.15, 0.2) is 0 Å². The first-order valence-corrected chi connectivity index (χ1v) is 14.8. The van der Waals surface area contributed by atoms with Crippen LogP contribution in [0.2, 0.25) is 0 Å². The Balaban J connectivity index is 1.24. The average Bonchev–Trinajstić information content (AvgIpc) is 3.64. The zero-order chi connectivity index (χ0) is 31.1. The summed E-state index contributed by atoms with van der Waals surface area (Å²) >= 11 is 0. The molecule has 2 aliphatic rings. The summed E-state index contributed by atoms with van der Waals surface area (Å²) in [5.41, 5.74) is 2.97. The van der Waals surface area contributed by atoms with Gasteiger partial charge in [0, 0.05) is 49.7 Å². The number of nitrogens with zero attached hydrogens (tertiary/aromatic N) is 3. The van der Waals surface area contributed by atoms with E-state index in [2.05, 4.69) is 46.0 Å². The Bertz CT molecular complexity index is 1640. The van der Waals surface area contributed by atoms with Crippen LogP contribution in [0.1, 0.15) is 41.8 Å². The predicted octanol–water partition coefficient (Wildman–Crippen LogP) is 4.90. The van der Waals surface area contributed by atoms with E-state index in [1.54, 1.807) is 23.0 Å². The summed E-state index contributed by atoms with van der Waals surface area (Å²) in [6, 6.07) is 11.5. The number of pyridine rings is 1. The highest BCUT2D eigenvalue weighted by atomic mass is 19.1. The van der Waals surface area contributed by atoms with E-state index in [1.165, 1.54) is 12.4 Å². The van der Waals surface area contributed by atoms with E-state index in [1.807, 2.05) is 48.6 Å². The van der Waals surface area contributed by atoms with Crippen molar-refractivity contribution in [3.05, 3.63) is 124 Å². The van der Waals surface area contributed by atoms with E-state index in [0.717, 1.165) is 18.7 Å². The number of amides is 1. The molecule has 5 rings (SSSR count). The van der Waals surface area contributed by atoms with Crippen LogP contribution < -0.4 is 16.2 Å². The maximum atomic E-state index is 13.6. The smallest absolute Gasteiger partial charge is 0.258 e. The number of alkyl halides is 1. The Morgan fingerprint density at radius 3 is 2.84 bits per heavy atom. The highest BCUT2D eigenvalue weighted by Gasteiger charge is 2.28. The van der Waals surface area contributed by atoms with E-state index < -0.39 is 6.17 Å². The molecule has 3 aromatic rings. The summed E-state index contributed by atoms with van der Waals surface area (Å²) in [6.07, 6.45) is 11.9. The van der Waals surface area contributed by atoms with Crippen molar-refractivity contribution in [2.45, 2.75) is 33.0 Å². The molecule has 1 amide bonds. The molecule has 0 aliphatic carbocycles. The van der Waals surface area contributed by atoms with Crippen molar-refractivity contribution in [3.63, 3.8) is 0 Å². The second kappa shape index (κ2) is 13.7. The Morgan fingerprint density at radius 1 is 1.25 bits per heavy atom. The summed E-state index contributed by atoms with van der Waals surface area (Å²) in [4.78, 5) is 30.7. The number of benzene rings is 1. The normalized spacial score (nSPS) is 19.5. The number of anilines is 1. The lowest BCUT2D eigenvalue weighted by atomic mass is 9.94. The maximum Gasteiger partial charge on any atom is 0.258 e. The molecule has 2 aromatic heterocycles. The Hall–Kier alpha value is -4.70. The summed E-state index contributed by atoms with van der Waals surface area (Å²) in [7, 11) is 0. The summed E-state index contributed by atoms with van der Waals surface area (Å²) in [5.74, 6) is 0.308. The predicted molar refractivity (Wildman–Crippen MR) is 171 cm³/mol. The number of H-pyrrole nitrogens is 1. The molecule has 0 unspecified atom stereocenters. The number of likely N-dealkylation sites (tertiary alicyclic amines) is 1. The molecule has 10 heteroatoms. The molecule has 9 nitrogen and oxygen atoms in total. The third-order valence-electron chi connectivity index (χ3n) is 7.38. The van der Waals surface area contributed by atoms with Crippen LogP contribution in [0.25, 0.3) is 5.70 Å². The molecule has 0 radical (unpaired) electrons. The lowest BCUT2D eigenvalue weighted by molar-refractivity contribution is 0.0878. The first-order chi connectivity index (χ1) is 21.1. The van der Waals surface area contributed by atoms with Crippen LogP contribution in [0.3, 0.4) is 0 Å². The lowest BCUT2D eigenvalue weighted by Crippen LogP contribution is -2.35. The van der Waals surface area contributed by atoms with Crippen molar-refractivity contribution >= 4 is 17.3 Å². The fourth-order valence-electron chi connectivity index (χ4n) is 5.27. The van der Waals surface area contributed by atoms with Gasteiger partial charge in [-0.25, -0.2) is 4.39 Å². The molecule has 0 spiro atoms. The fourth-order valence-corrected chi connectivity index (χ4v) is 5.27. The molecule has 2 aliphatic heterocycles. The van der Waals surface area contributed by atoms with Crippen molar-refractivity contribution in [2.24, 2.45) is 5.41 Å². The van der Waals surface area contributed by atoms with Crippen LogP contribution in [0, 0.1) is 5.41 Å². The number of allylic oxidation sites excluding steroid dienone is 4. The highest BCUT2D eigenvalue weighted by molar-refractivity contribution is 6.04. The van der Waals surface area contributed by atoms with E-state index >= 15 is 0 Å². The van der Waals surface area contributed by atoms with Crippen LogP contribution >= 0.6 is 0 Å². The maximum absolute atomic E-state index is 13.6. The van der Waals surface area contributed by atoms with Crippen LogP contribution in [0.15, 0.2) is 102 Å². The van der Waals surface area contributed by atoms with E-state index in [-0.39, 0.29) is 16.9 Å². The van der Waals surface area contributed by atoms with Crippen molar-refractivity contribution in [3.8, 4) is 0 Å². The zero-order valence-electron chi connectivity index (χ0n) is 25.2. The zero-order valence-corrected chi connectivity index (χ0v) is 25.2. The van der Waals surface area contributed by atoms with Gasteiger partial charge in [-0.2, -0.15) is 5.10 Å². The summed E-state index contributed by atoms with van der Waals surface area (Å²) < 4.78 is 21.5. The number of rotatable bonds is 10. The molecule has 0 saturated carbocycles. The Labute approximate surface area is 256 Å². The van der Waals surface area contributed by atoms with Gasteiger partial charge in [-0.3, -0.25) is 19.2 Å². The quantitative estimate of drug-likeness (QED) is 0.307. The van der Waals surface area contributed by atoms with Gasteiger partial charge in [0.05, 0.1) is 36.2 Å². The number of halogens is 1. The van der Waals surface area contributed by atoms with Crippen molar-refractivity contribution in [1.82, 2.24) is 25.0 Å². The average molecular weight is 599 g/mol. The molecule has 1 aromatic carbocycles. The van der Waals surface area contributed by atoms with E-state index in [9.17, 15) is 14.0 Å². The monoisotopic (exact) mass is 598 g/mol. The number of aromatic nitrogens is 3. The first-order valence-electron chi connectivity index (χ1n) is 14.8. The molecule has 4 heterocycles. The third-order valence-corrected chi connectivity index (χ3v) is 7.38. The Morgan fingerprint density at radius 2 is 2.07 bits per heavy atom. The van der Waals surface area contributed by atoms with Gasteiger partial charge in [0.2, 0.25) is 0 Å². The second-order valence-electron chi connectivity index (χ2n) is 12.0. The number of ether oxygens (including phenoxy) is 1. The molecule has 44 heavy (non-hydrogen) atoms. The molecular formula is C34H39FN6O3. The van der Waals surface area contributed by atoms with Crippen LogP contribution in [-0.2, 0) is 11.3 Å². The SMILES string of the molecule is C=C1C=C(OCC(C)(C)CN2CC[C@@H](F)C2)/C=C\CN/C(c2cc(NC(=O)c3cnn(Cc4ccccc4)c3)c[nH]c2=O)=C\1. The largest absolute Gasteiger partial charge is 0.493 e. The number of hydrogen-bond acceptors (Lipinski definition) is 6. The van der Waals surface area contributed by atoms with Crippen LogP contribution in [0.4, 0.5) is 10.1 Å². The molecule has 1 fully saturated rings. The van der Waals surface area contributed by atoms with Gasteiger partial charge in [-0.05, 0) is 41.9 Å². The van der Waals surface area contributed by atoms with Gasteiger partial charge in [-0.15, -0.1) is 0 Å². The van der Waals surface area contributed by atoms with Crippen molar-refractivity contribution < 1.29 is 13.9 Å². The number of carbonyl (C=O) groups excluding carboxylic acids is 1. The first kappa shape index (κ1) is 30.7. The Kier molecular flexibility index (Phi) is 9.59. The van der Waals surface area contributed by atoms with Gasteiger partial charge < -0.3 is 20.4 Å². The van der Waals surface area contributed by atoms with Gasteiger partial charge in [0.25, 0.3) is 11.5 Å². The molecule has 3 N–H and O–H groups in total. The number of carbonyl (C=O) groups is 1. The minimum atomic E-state index is -0.747. The minimum Gasteiger partial charge on any atom is -0.493 e. The standard InChI is InChI=1S/C34H39FN6O3/c1-24-14-29(44-23-34(2,3)22-40-13-11-27(35)21-40)10-7-12-36-31(15-24)30-16-28(18-37-33(30)43)39-32(42)26-17-38-41(20-26)19-25-8-5-4-6-9-25/h4-10,14-18,20,27,36H,1,11-13,19,21-23H2,2-3H3,(H,37,43)(H,39,42)/b10-7-,29-14?,31-15-/t27-/m1/s1. The summed E-state index contributed by atoms with van der Waals surface area (Å²) in [5, 5.41) is 10.4.